The molecule has 1 aromatic carbocycles. The van der Waals surface area contributed by atoms with Crippen molar-refractivity contribution in [1.29, 1.82) is 5.26 Å². The Balaban J connectivity index is 1.68. The fraction of sp³-hybridized carbons (Fsp3) is 0.300. The molecule has 1 N–H and O–H groups in total. The van der Waals surface area contributed by atoms with Crippen molar-refractivity contribution < 1.29 is 27.9 Å². The summed E-state index contributed by atoms with van der Waals surface area (Å²) in [6, 6.07) is 10.8. The van der Waals surface area contributed by atoms with Crippen LogP contribution in [0.4, 0.5) is 11.4 Å². The van der Waals surface area contributed by atoms with Crippen molar-refractivity contribution in [2.45, 2.75) is 33.5 Å². The second-order valence-electron chi connectivity index (χ2n) is 8.89. The van der Waals surface area contributed by atoms with Gasteiger partial charge in [-0.2, -0.15) is 5.26 Å². The van der Waals surface area contributed by atoms with Crippen LogP contribution < -0.4 is 10.1 Å². The molecule has 0 spiro atoms. The normalized spacial score (nSPS) is 15.4. The molecular weight excluding hydrogens is 593 g/mol. The van der Waals surface area contributed by atoms with Gasteiger partial charge in [0.25, 0.3) is 0 Å². The van der Waals surface area contributed by atoms with Crippen LogP contribution in [0.1, 0.15) is 32.0 Å². The van der Waals surface area contributed by atoms with Crippen molar-refractivity contribution >= 4 is 53.1 Å². The SMILES string of the molecule is CCOc1cc2ncc(C#N)c(N=C3C#CC(OCc4ccccn4)C(Cl)=C3)c2cc1NC(=O)CP(=O)(OCC)OCC. The summed E-state index contributed by atoms with van der Waals surface area (Å²) in [6.07, 6.45) is 3.49. The summed E-state index contributed by atoms with van der Waals surface area (Å²) in [5, 5.41) is 13.3. The number of allylic oxidation sites excluding steroid dienone is 1. The van der Waals surface area contributed by atoms with E-state index in [4.69, 9.17) is 30.1 Å². The Morgan fingerprint density at radius 1 is 1.19 bits per heavy atom. The Kier molecular flexibility index (Phi) is 11.0. The number of nitriles is 1. The molecule has 1 unspecified atom stereocenters. The zero-order valence-electron chi connectivity index (χ0n) is 23.8. The third-order valence-electron chi connectivity index (χ3n) is 5.84. The van der Waals surface area contributed by atoms with Crippen LogP contribution in [-0.4, -0.2) is 53.7 Å². The van der Waals surface area contributed by atoms with Crippen LogP contribution in [-0.2, 0) is 29.8 Å². The second kappa shape index (κ2) is 14.9. The minimum atomic E-state index is -3.65. The fourth-order valence-electron chi connectivity index (χ4n) is 4.07. The molecule has 13 heteroatoms. The number of carbonyl (C=O) groups is 1. The summed E-state index contributed by atoms with van der Waals surface area (Å²) in [6.45, 7) is 5.90. The molecule has 0 radical (unpaired) electrons. The van der Waals surface area contributed by atoms with E-state index in [1.54, 1.807) is 45.2 Å². The Labute approximate surface area is 254 Å². The van der Waals surface area contributed by atoms with Gasteiger partial charge in [-0.15, -0.1) is 0 Å². The molecule has 0 saturated heterocycles. The lowest BCUT2D eigenvalue weighted by atomic mass is 10.1. The Bertz CT molecular complexity index is 1700. The zero-order valence-corrected chi connectivity index (χ0v) is 25.4. The molecule has 2 aromatic heterocycles. The predicted molar refractivity (Wildman–Crippen MR) is 164 cm³/mol. The molecule has 222 valence electrons. The first-order valence-electron chi connectivity index (χ1n) is 13.5. The number of pyridine rings is 2. The number of fused-ring (bicyclic) bond motifs is 1. The highest BCUT2D eigenvalue weighted by Crippen LogP contribution is 2.48. The van der Waals surface area contributed by atoms with Crippen LogP contribution in [0.15, 0.2) is 58.8 Å². The van der Waals surface area contributed by atoms with Gasteiger partial charge in [0.05, 0.1) is 59.6 Å². The van der Waals surface area contributed by atoms with Gasteiger partial charge in [0.2, 0.25) is 5.91 Å². The van der Waals surface area contributed by atoms with E-state index in [2.05, 4.69) is 38.2 Å². The van der Waals surface area contributed by atoms with Gasteiger partial charge in [0, 0.05) is 23.8 Å². The van der Waals surface area contributed by atoms with Crippen LogP contribution >= 0.6 is 19.2 Å². The summed E-state index contributed by atoms with van der Waals surface area (Å²) < 4.78 is 35.0. The van der Waals surface area contributed by atoms with Gasteiger partial charge in [-0.3, -0.25) is 19.3 Å². The maximum Gasteiger partial charge on any atom is 0.340 e. The molecule has 0 fully saturated rings. The second-order valence-corrected chi connectivity index (χ2v) is 11.4. The molecular formula is C30H29ClN5O6P. The molecule has 1 aliphatic carbocycles. The van der Waals surface area contributed by atoms with Crippen molar-refractivity contribution in [1.82, 2.24) is 9.97 Å². The number of halogens is 1. The van der Waals surface area contributed by atoms with E-state index >= 15 is 0 Å². The lowest BCUT2D eigenvalue weighted by Gasteiger charge is -2.18. The van der Waals surface area contributed by atoms with Crippen LogP contribution in [0, 0.1) is 23.2 Å². The highest BCUT2D eigenvalue weighted by Gasteiger charge is 2.28. The summed E-state index contributed by atoms with van der Waals surface area (Å²) in [4.78, 5) is 26.2. The average Bonchev–Trinajstić information content (AvgIpc) is 2.98. The lowest BCUT2D eigenvalue weighted by molar-refractivity contribution is -0.114. The van der Waals surface area contributed by atoms with Gasteiger partial charge in [0.1, 0.15) is 23.7 Å². The van der Waals surface area contributed by atoms with Crippen molar-refractivity contribution in [3.8, 4) is 23.7 Å². The highest BCUT2D eigenvalue weighted by molar-refractivity contribution is 7.54. The summed E-state index contributed by atoms with van der Waals surface area (Å²) in [5.74, 6) is 5.61. The minimum Gasteiger partial charge on any atom is -0.492 e. The van der Waals surface area contributed by atoms with Crippen LogP contribution in [0.25, 0.3) is 10.9 Å². The number of ether oxygens (including phenoxy) is 2. The molecule has 1 aliphatic rings. The maximum atomic E-state index is 13.0. The van der Waals surface area contributed by atoms with E-state index in [1.165, 1.54) is 6.20 Å². The van der Waals surface area contributed by atoms with E-state index in [1.807, 2.05) is 18.2 Å². The average molecular weight is 622 g/mol. The molecule has 0 bridgehead atoms. The summed E-state index contributed by atoms with van der Waals surface area (Å²) in [5.41, 5.74) is 2.23. The van der Waals surface area contributed by atoms with Gasteiger partial charge in [-0.25, -0.2) is 4.99 Å². The number of aliphatic imine (C=N–C) groups is 1. The van der Waals surface area contributed by atoms with Crippen molar-refractivity contribution in [3.63, 3.8) is 0 Å². The quantitative estimate of drug-likeness (QED) is 0.182. The number of carbonyl (C=O) groups excluding carboxylic acids is 1. The predicted octanol–water partition coefficient (Wildman–Crippen LogP) is 5.90. The lowest BCUT2D eigenvalue weighted by Crippen LogP contribution is -2.19. The minimum absolute atomic E-state index is 0.121. The number of hydrogen-bond acceptors (Lipinski definition) is 10. The number of benzene rings is 1. The van der Waals surface area contributed by atoms with E-state index in [0.717, 1.165) is 5.69 Å². The summed E-state index contributed by atoms with van der Waals surface area (Å²) in [7, 11) is -3.65. The molecule has 1 atom stereocenters. The summed E-state index contributed by atoms with van der Waals surface area (Å²) >= 11 is 6.49. The Morgan fingerprint density at radius 2 is 1.98 bits per heavy atom. The van der Waals surface area contributed by atoms with Crippen molar-refractivity contribution in [2.24, 2.45) is 4.99 Å². The number of aromatic nitrogens is 2. The Hall–Kier alpha value is -4.09. The highest BCUT2D eigenvalue weighted by atomic mass is 35.5. The number of nitrogens with zero attached hydrogens (tertiary/aromatic N) is 4. The third-order valence-corrected chi connectivity index (χ3v) is 8.12. The number of anilines is 1. The standard InChI is InChI=1S/C30H29ClN5O6P/c1-4-39-28-15-25-23(14-26(28)36-29(37)19-43(38,41-5-2)42-6-3)30(20(16-32)17-34-25)35-21-10-11-27(24(31)13-21)40-18-22-9-7-8-12-33-22/h7-9,12-15,17,27H,4-6,18-19H2,1-3H3,(H,36,37). The molecule has 4 rings (SSSR count). The fourth-order valence-corrected chi connectivity index (χ4v) is 5.77. The molecule has 11 nitrogen and oxygen atoms in total. The zero-order chi connectivity index (χ0) is 30.8. The first kappa shape index (κ1) is 31.8. The van der Waals surface area contributed by atoms with Gasteiger partial charge in [-0.05, 0) is 51.0 Å². The first-order chi connectivity index (χ1) is 20.8. The Morgan fingerprint density at radius 3 is 2.63 bits per heavy atom. The third kappa shape index (κ3) is 8.26. The van der Waals surface area contributed by atoms with Crippen LogP contribution in [0.2, 0.25) is 0 Å². The monoisotopic (exact) mass is 621 g/mol. The van der Waals surface area contributed by atoms with Gasteiger partial charge < -0.3 is 23.8 Å². The molecule has 43 heavy (non-hydrogen) atoms. The van der Waals surface area contributed by atoms with E-state index in [9.17, 15) is 14.6 Å². The van der Waals surface area contributed by atoms with E-state index < -0.39 is 25.8 Å². The number of hydrogen-bond donors (Lipinski definition) is 1. The van der Waals surface area contributed by atoms with Crippen molar-refractivity contribution in [2.75, 3.05) is 31.3 Å². The molecule has 2 heterocycles. The van der Waals surface area contributed by atoms with Gasteiger partial charge in [0.15, 0.2) is 6.10 Å². The molecule has 0 saturated carbocycles. The van der Waals surface area contributed by atoms with E-state index in [-0.39, 0.29) is 36.8 Å². The van der Waals surface area contributed by atoms with Crippen LogP contribution in [0.5, 0.6) is 5.75 Å². The maximum absolute atomic E-state index is 13.0. The van der Waals surface area contributed by atoms with Crippen LogP contribution in [0.3, 0.4) is 0 Å². The molecule has 0 aliphatic heterocycles. The van der Waals surface area contributed by atoms with E-state index in [0.29, 0.717) is 34.0 Å². The first-order valence-corrected chi connectivity index (χ1v) is 15.6. The smallest absolute Gasteiger partial charge is 0.340 e. The van der Waals surface area contributed by atoms with Crippen molar-refractivity contribution in [3.05, 3.63) is 65.1 Å². The molecule has 3 aromatic rings. The topological polar surface area (TPSA) is 145 Å². The molecule has 1 amide bonds. The van der Waals surface area contributed by atoms with Gasteiger partial charge in [-0.1, -0.05) is 23.6 Å². The number of amides is 1. The number of nitrogens with one attached hydrogen (secondary N) is 1. The largest absolute Gasteiger partial charge is 0.492 e. The number of rotatable bonds is 13. The van der Waals surface area contributed by atoms with Gasteiger partial charge >= 0.3 is 7.60 Å².